The lowest BCUT2D eigenvalue weighted by Gasteiger charge is -2.29. The van der Waals surface area contributed by atoms with Gasteiger partial charge in [-0.1, -0.05) is 18.3 Å². The molecule has 2 aromatic rings. The van der Waals surface area contributed by atoms with Crippen LogP contribution in [0.25, 0.3) is 10.2 Å². The Morgan fingerprint density at radius 2 is 2.15 bits per heavy atom. The van der Waals surface area contributed by atoms with Crippen molar-refractivity contribution < 1.29 is 15.0 Å². The highest BCUT2D eigenvalue weighted by atomic mass is 32.1. The van der Waals surface area contributed by atoms with E-state index in [-0.39, 0.29) is 19.1 Å². The number of nitrogens with zero attached hydrogens (tertiary/aromatic N) is 1. The monoisotopic (exact) mass is 295 g/mol. The smallest absolute Gasteiger partial charge is 0.251 e. The molecule has 0 radical (unpaired) electrons. The van der Waals surface area contributed by atoms with Crippen molar-refractivity contribution in [2.24, 2.45) is 0 Å². The highest BCUT2D eigenvalue weighted by molar-refractivity contribution is 7.22. The Labute approximate surface area is 120 Å². The SMILES string of the molecule is CCC(CO)(CO)NC(=O)c1ccc2nc(N)sc2c1. The maximum atomic E-state index is 12.2. The molecule has 1 amide bonds. The number of aromatic nitrogens is 1. The summed E-state index contributed by atoms with van der Waals surface area (Å²) in [5.74, 6) is -0.344. The van der Waals surface area contributed by atoms with Crippen LogP contribution < -0.4 is 11.1 Å². The second kappa shape index (κ2) is 5.74. The number of nitrogens with two attached hydrogens (primary N) is 1. The molecule has 0 aliphatic carbocycles. The lowest BCUT2D eigenvalue weighted by atomic mass is 9.98. The van der Waals surface area contributed by atoms with Crippen LogP contribution in [0.2, 0.25) is 0 Å². The Kier molecular flexibility index (Phi) is 4.22. The van der Waals surface area contributed by atoms with Crippen molar-refractivity contribution in [1.29, 1.82) is 0 Å². The van der Waals surface area contributed by atoms with E-state index in [1.165, 1.54) is 11.3 Å². The topological polar surface area (TPSA) is 108 Å². The number of hydrogen-bond acceptors (Lipinski definition) is 6. The quantitative estimate of drug-likeness (QED) is 0.650. The minimum absolute atomic E-state index is 0.318. The molecule has 0 bridgehead atoms. The molecule has 1 aromatic carbocycles. The van der Waals surface area contributed by atoms with Gasteiger partial charge in [-0.15, -0.1) is 0 Å². The van der Waals surface area contributed by atoms with E-state index in [4.69, 9.17) is 5.73 Å². The van der Waals surface area contributed by atoms with Gasteiger partial charge in [0, 0.05) is 5.56 Å². The van der Waals surface area contributed by atoms with Gasteiger partial charge in [-0.2, -0.15) is 0 Å². The van der Waals surface area contributed by atoms with Gasteiger partial charge in [-0.25, -0.2) is 4.98 Å². The van der Waals surface area contributed by atoms with Gasteiger partial charge in [0.1, 0.15) is 0 Å². The van der Waals surface area contributed by atoms with Crippen LogP contribution in [-0.4, -0.2) is 39.9 Å². The maximum Gasteiger partial charge on any atom is 0.251 e. The third-order valence-corrected chi connectivity index (χ3v) is 4.18. The predicted molar refractivity (Wildman–Crippen MR) is 78.7 cm³/mol. The zero-order valence-electron chi connectivity index (χ0n) is 11.1. The van der Waals surface area contributed by atoms with Crippen LogP contribution in [0.1, 0.15) is 23.7 Å². The van der Waals surface area contributed by atoms with E-state index >= 15 is 0 Å². The zero-order chi connectivity index (χ0) is 14.8. The number of benzene rings is 1. The normalized spacial score (nSPS) is 11.8. The van der Waals surface area contributed by atoms with E-state index in [9.17, 15) is 15.0 Å². The third kappa shape index (κ3) is 2.74. The molecule has 1 aromatic heterocycles. The predicted octanol–water partition coefficient (Wildman–Crippen LogP) is 0.742. The fourth-order valence-electron chi connectivity index (χ4n) is 1.84. The van der Waals surface area contributed by atoms with Crippen molar-refractivity contribution in [3.8, 4) is 0 Å². The van der Waals surface area contributed by atoms with Crippen LogP contribution in [-0.2, 0) is 0 Å². The van der Waals surface area contributed by atoms with Gasteiger partial charge in [0.15, 0.2) is 5.13 Å². The summed E-state index contributed by atoms with van der Waals surface area (Å²) in [4.78, 5) is 16.3. The average Bonchev–Trinajstić information content (AvgIpc) is 2.83. The van der Waals surface area contributed by atoms with Gasteiger partial charge < -0.3 is 21.3 Å². The van der Waals surface area contributed by atoms with Crippen molar-refractivity contribution in [2.45, 2.75) is 18.9 Å². The van der Waals surface area contributed by atoms with Crippen molar-refractivity contribution in [3.63, 3.8) is 0 Å². The fraction of sp³-hybridized carbons (Fsp3) is 0.385. The second-order valence-corrected chi connectivity index (χ2v) is 5.70. The Hall–Kier alpha value is -1.70. The number of amides is 1. The van der Waals surface area contributed by atoms with Gasteiger partial charge in [-0.05, 0) is 24.6 Å². The first kappa shape index (κ1) is 14.7. The molecule has 0 fully saturated rings. The summed E-state index contributed by atoms with van der Waals surface area (Å²) in [6.07, 6.45) is 0.432. The van der Waals surface area contributed by atoms with Gasteiger partial charge in [0.05, 0.1) is 29.0 Å². The molecule has 2 rings (SSSR count). The Bertz CT molecular complexity index is 614. The molecule has 7 heteroatoms. The first-order valence-electron chi connectivity index (χ1n) is 6.24. The van der Waals surface area contributed by atoms with Gasteiger partial charge in [-0.3, -0.25) is 4.79 Å². The standard InChI is InChI=1S/C13H17N3O3S/c1-2-13(6-17,7-18)16-11(19)8-3-4-9-10(5-8)20-12(14)15-9/h3-5,17-18H,2,6-7H2,1H3,(H2,14,15)(H,16,19). The third-order valence-electron chi connectivity index (χ3n) is 3.33. The van der Waals surface area contributed by atoms with E-state index < -0.39 is 5.54 Å². The molecule has 5 N–H and O–H groups in total. The number of nitrogen functional groups attached to an aromatic ring is 1. The second-order valence-electron chi connectivity index (χ2n) is 4.64. The number of fused-ring (bicyclic) bond motifs is 1. The minimum Gasteiger partial charge on any atom is -0.394 e. The lowest BCUT2D eigenvalue weighted by molar-refractivity contribution is 0.0653. The first-order chi connectivity index (χ1) is 9.53. The van der Waals surface area contributed by atoms with Crippen LogP contribution >= 0.6 is 11.3 Å². The highest BCUT2D eigenvalue weighted by Gasteiger charge is 2.29. The summed E-state index contributed by atoms with van der Waals surface area (Å²) >= 11 is 1.31. The molecule has 0 atom stereocenters. The number of carbonyl (C=O) groups is 1. The van der Waals surface area contributed by atoms with Gasteiger partial charge in [0.25, 0.3) is 5.91 Å². The van der Waals surface area contributed by atoms with Crippen molar-refractivity contribution >= 4 is 32.6 Å². The van der Waals surface area contributed by atoms with E-state index in [2.05, 4.69) is 10.3 Å². The zero-order valence-corrected chi connectivity index (χ0v) is 11.9. The largest absolute Gasteiger partial charge is 0.394 e. The molecule has 0 saturated carbocycles. The summed E-state index contributed by atoms with van der Waals surface area (Å²) in [6.45, 7) is 1.16. The number of nitrogens with one attached hydrogen (secondary N) is 1. The van der Waals surface area contributed by atoms with Crippen LogP contribution in [0.15, 0.2) is 18.2 Å². The van der Waals surface area contributed by atoms with E-state index in [0.717, 1.165) is 10.2 Å². The maximum absolute atomic E-state index is 12.2. The Morgan fingerprint density at radius 1 is 1.45 bits per heavy atom. The number of rotatable bonds is 5. The lowest BCUT2D eigenvalue weighted by Crippen LogP contribution is -2.53. The van der Waals surface area contributed by atoms with Crippen LogP contribution in [0, 0.1) is 0 Å². The molecular weight excluding hydrogens is 278 g/mol. The number of aliphatic hydroxyl groups excluding tert-OH is 2. The summed E-state index contributed by atoms with van der Waals surface area (Å²) in [7, 11) is 0. The first-order valence-corrected chi connectivity index (χ1v) is 7.05. The van der Waals surface area contributed by atoms with Crippen molar-refractivity contribution in [3.05, 3.63) is 23.8 Å². The molecule has 0 saturated heterocycles. The highest BCUT2D eigenvalue weighted by Crippen LogP contribution is 2.24. The van der Waals surface area contributed by atoms with Gasteiger partial charge >= 0.3 is 0 Å². The molecule has 1 heterocycles. The molecule has 0 aliphatic heterocycles. The average molecular weight is 295 g/mol. The van der Waals surface area contributed by atoms with Crippen molar-refractivity contribution in [1.82, 2.24) is 10.3 Å². The molecule has 6 nitrogen and oxygen atoms in total. The summed E-state index contributed by atoms with van der Waals surface area (Å²) in [5.41, 5.74) is 5.81. The molecule has 0 spiro atoms. The van der Waals surface area contributed by atoms with E-state index in [1.54, 1.807) is 25.1 Å². The van der Waals surface area contributed by atoms with Gasteiger partial charge in [0.2, 0.25) is 0 Å². The molecule has 0 unspecified atom stereocenters. The number of hydrogen-bond donors (Lipinski definition) is 4. The molecule has 20 heavy (non-hydrogen) atoms. The van der Waals surface area contributed by atoms with Crippen LogP contribution in [0.3, 0.4) is 0 Å². The summed E-state index contributed by atoms with van der Waals surface area (Å²) < 4.78 is 0.824. The van der Waals surface area contributed by atoms with E-state index in [1.807, 2.05) is 0 Å². The Morgan fingerprint density at radius 3 is 2.75 bits per heavy atom. The summed E-state index contributed by atoms with van der Waals surface area (Å²) in [6, 6.07) is 5.07. The number of anilines is 1. The molecular formula is C13H17N3O3S. The Balaban J connectivity index is 2.26. The number of thiazole rings is 1. The fourth-order valence-corrected chi connectivity index (χ4v) is 2.61. The van der Waals surface area contributed by atoms with Crippen LogP contribution in [0.4, 0.5) is 5.13 Å². The number of aliphatic hydroxyl groups is 2. The van der Waals surface area contributed by atoms with Crippen molar-refractivity contribution in [2.75, 3.05) is 18.9 Å². The summed E-state index contributed by atoms with van der Waals surface area (Å²) in [5, 5.41) is 21.8. The molecule has 108 valence electrons. The number of carbonyl (C=O) groups excluding carboxylic acids is 1. The van der Waals surface area contributed by atoms with E-state index in [0.29, 0.717) is 17.1 Å². The van der Waals surface area contributed by atoms with Crippen LogP contribution in [0.5, 0.6) is 0 Å². The molecule has 0 aliphatic rings. The minimum atomic E-state index is -1.00.